The molecule has 2 saturated heterocycles. The van der Waals surface area contributed by atoms with E-state index in [1.54, 1.807) is 29.2 Å². The molecule has 0 spiro atoms. The number of nitrogens with zero attached hydrogens (tertiary/aromatic N) is 3. The molecule has 0 unspecified atom stereocenters. The summed E-state index contributed by atoms with van der Waals surface area (Å²) in [6, 6.07) is 6.72. The molecule has 0 saturated carbocycles. The largest absolute Gasteiger partial charge is 0.352 e. The van der Waals surface area contributed by atoms with Crippen LogP contribution in [0.5, 0.6) is 0 Å². The summed E-state index contributed by atoms with van der Waals surface area (Å²) in [6.45, 7) is 2.83. The van der Waals surface area contributed by atoms with Crippen LogP contribution in [0.2, 0.25) is 0 Å². The first-order chi connectivity index (χ1) is 13.8. The third-order valence-electron chi connectivity index (χ3n) is 5.62. The minimum absolute atomic E-state index is 0.0300. The van der Waals surface area contributed by atoms with Gasteiger partial charge in [-0.1, -0.05) is 18.2 Å². The molecule has 9 heteroatoms. The van der Waals surface area contributed by atoms with Gasteiger partial charge in [0.05, 0.1) is 10.8 Å². The van der Waals surface area contributed by atoms with E-state index in [4.69, 9.17) is 0 Å². The minimum atomic E-state index is -3.59. The average Bonchev–Trinajstić information content (AvgIpc) is 3.26. The second kappa shape index (κ2) is 9.13. The lowest BCUT2D eigenvalue weighted by molar-refractivity contribution is -0.126. The summed E-state index contributed by atoms with van der Waals surface area (Å²) >= 11 is 0. The van der Waals surface area contributed by atoms with Gasteiger partial charge in [-0.05, 0) is 37.3 Å². The van der Waals surface area contributed by atoms with E-state index in [2.05, 4.69) is 5.32 Å². The molecule has 1 atom stereocenters. The fourth-order valence-electron chi connectivity index (χ4n) is 3.90. The second-order valence-corrected chi connectivity index (χ2v) is 10.00. The Balaban J connectivity index is 1.62. The molecular weight excluding hydrogens is 392 g/mol. The van der Waals surface area contributed by atoms with Gasteiger partial charge in [0, 0.05) is 46.8 Å². The summed E-state index contributed by atoms with van der Waals surface area (Å²) < 4.78 is 26.2. The SMILES string of the molecule is CN(C)S(=O)(=O)c1ccccc1CNC(=O)[C@H]1CCCN(C(=O)N2CCCC2)C1. The van der Waals surface area contributed by atoms with Gasteiger partial charge in [-0.2, -0.15) is 0 Å². The van der Waals surface area contributed by atoms with Crippen LogP contribution in [-0.2, 0) is 21.4 Å². The Labute approximate surface area is 172 Å². The fraction of sp³-hybridized carbons (Fsp3) is 0.600. The van der Waals surface area contributed by atoms with Crippen LogP contribution in [0.3, 0.4) is 0 Å². The molecule has 3 amide bonds. The standard InChI is InChI=1S/C20H30N4O4S/c1-22(2)29(27,28)18-10-4-3-8-16(18)14-21-19(25)17-9-7-13-24(15-17)20(26)23-11-5-6-12-23/h3-4,8,10,17H,5-7,9,11-15H2,1-2H3,(H,21,25)/t17-/m0/s1. The van der Waals surface area contributed by atoms with Crippen molar-refractivity contribution in [2.75, 3.05) is 40.3 Å². The van der Waals surface area contributed by atoms with Crippen LogP contribution in [0.4, 0.5) is 4.79 Å². The van der Waals surface area contributed by atoms with E-state index in [1.807, 2.05) is 4.90 Å². The summed E-state index contributed by atoms with van der Waals surface area (Å²) in [4.78, 5) is 29.2. The molecule has 1 aromatic carbocycles. The number of benzene rings is 1. The van der Waals surface area contributed by atoms with E-state index in [9.17, 15) is 18.0 Å². The molecule has 29 heavy (non-hydrogen) atoms. The van der Waals surface area contributed by atoms with Crippen LogP contribution in [-0.4, -0.2) is 74.7 Å². The van der Waals surface area contributed by atoms with E-state index in [0.717, 1.165) is 43.1 Å². The van der Waals surface area contributed by atoms with Gasteiger partial charge < -0.3 is 15.1 Å². The highest BCUT2D eigenvalue weighted by Crippen LogP contribution is 2.21. The summed E-state index contributed by atoms with van der Waals surface area (Å²) in [5, 5.41) is 2.88. The smallest absolute Gasteiger partial charge is 0.320 e. The maximum absolute atomic E-state index is 12.7. The average molecular weight is 423 g/mol. The highest BCUT2D eigenvalue weighted by Gasteiger charge is 2.31. The van der Waals surface area contributed by atoms with Gasteiger partial charge in [-0.3, -0.25) is 4.79 Å². The molecule has 2 fully saturated rings. The molecule has 0 aliphatic carbocycles. The number of carbonyl (C=O) groups excluding carboxylic acids is 2. The van der Waals surface area contributed by atoms with Gasteiger partial charge in [0.15, 0.2) is 0 Å². The lowest BCUT2D eigenvalue weighted by atomic mass is 9.97. The molecule has 2 aliphatic rings. The number of sulfonamides is 1. The highest BCUT2D eigenvalue weighted by atomic mass is 32.2. The van der Waals surface area contributed by atoms with Crippen LogP contribution in [0.25, 0.3) is 0 Å². The predicted molar refractivity (Wildman–Crippen MR) is 110 cm³/mol. The molecular formula is C20H30N4O4S. The van der Waals surface area contributed by atoms with Crippen LogP contribution < -0.4 is 5.32 Å². The Kier molecular flexibility index (Phi) is 6.79. The zero-order valence-electron chi connectivity index (χ0n) is 17.1. The van der Waals surface area contributed by atoms with Crippen molar-refractivity contribution in [1.82, 2.24) is 19.4 Å². The third kappa shape index (κ3) is 4.90. The van der Waals surface area contributed by atoms with Crippen molar-refractivity contribution in [2.45, 2.75) is 37.1 Å². The molecule has 8 nitrogen and oxygen atoms in total. The van der Waals surface area contributed by atoms with Crippen LogP contribution >= 0.6 is 0 Å². The number of likely N-dealkylation sites (tertiary alicyclic amines) is 2. The van der Waals surface area contributed by atoms with E-state index in [-0.39, 0.29) is 29.3 Å². The third-order valence-corrected chi connectivity index (χ3v) is 7.54. The Morgan fingerprint density at radius 3 is 2.41 bits per heavy atom. The van der Waals surface area contributed by atoms with Crippen LogP contribution in [0, 0.1) is 5.92 Å². The Bertz CT molecular complexity index is 850. The molecule has 1 aromatic rings. The molecule has 0 bridgehead atoms. The number of rotatable bonds is 5. The summed E-state index contributed by atoms with van der Waals surface area (Å²) in [6.07, 6.45) is 3.61. The summed E-state index contributed by atoms with van der Waals surface area (Å²) in [7, 11) is -0.617. The molecule has 2 aliphatic heterocycles. The Morgan fingerprint density at radius 2 is 1.72 bits per heavy atom. The number of carbonyl (C=O) groups is 2. The van der Waals surface area contributed by atoms with Crippen molar-refractivity contribution < 1.29 is 18.0 Å². The first kappa shape index (κ1) is 21.6. The first-order valence-corrected chi connectivity index (χ1v) is 11.6. The number of urea groups is 1. The second-order valence-electron chi connectivity index (χ2n) is 7.87. The van der Waals surface area contributed by atoms with E-state index < -0.39 is 10.0 Å². The number of nitrogens with one attached hydrogen (secondary N) is 1. The topological polar surface area (TPSA) is 90.0 Å². The van der Waals surface area contributed by atoms with Gasteiger partial charge in [0.2, 0.25) is 15.9 Å². The van der Waals surface area contributed by atoms with Crippen LogP contribution in [0.1, 0.15) is 31.2 Å². The van der Waals surface area contributed by atoms with Gasteiger partial charge >= 0.3 is 6.03 Å². The van der Waals surface area contributed by atoms with Crippen molar-refractivity contribution in [3.63, 3.8) is 0 Å². The van der Waals surface area contributed by atoms with E-state index in [1.165, 1.54) is 14.1 Å². The van der Waals surface area contributed by atoms with Crippen molar-refractivity contribution in [3.05, 3.63) is 29.8 Å². The van der Waals surface area contributed by atoms with Gasteiger partial charge in [0.25, 0.3) is 0 Å². The van der Waals surface area contributed by atoms with Crippen molar-refractivity contribution in [3.8, 4) is 0 Å². The number of amides is 3. The van der Waals surface area contributed by atoms with Crippen molar-refractivity contribution in [1.29, 1.82) is 0 Å². The van der Waals surface area contributed by atoms with E-state index in [0.29, 0.717) is 18.7 Å². The zero-order chi connectivity index (χ0) is 21.0. The summed E-state index contributed by atoms with van der Waals surface area (Å²) in [5.74, 6) is -0.408. The number of hydrogen-bond acceptors (Lipinski definition) is 4. The lowest BCUT2D eigenvalue weighted by Gasteiger charge is -2.34. The molecule has 2 heterocycles. The van der Waals surface area contributed by atoms with Crippen molar-refractivity contribution in [2.24, 2.45) is 5.92 Å². The van der Waals surface area contributed by atoms with Gasteiger partial charge in [-0.25, -0.2) is 17.5 Å². The quantitative estimate of drug-likeness (QED) is 0.778. The fourth-order valence-corrected chi connectivity index (χ4v) is 5.01. The normalized spacial score (nSPS) is 20.2. The monoisotopic (exact) mass is 422 g/mol. The molecule has 0 aromatic heterocycles. The molecule has 0 radical (unpaired) electrons. The van der Waals surface area contributed by atoms with Gasteiger partial charge in [0.1, 0.15) is 0 Å². The maximum atomic E-state index is 12.7. The minimum Gasteiger partial charge on any atom is -0.352 e. The zero-order valence-corrected chi connectivity index (χ0v) is 18.0. The Morgan fingerprint density at radius 1 is 1.07 bits per heavy atom. The highest BCUT2D eigenvalue weighted by molar-refractivity contribution is 7.89. The predicted octanol–water partition coefficient (Wildman–Crippen LogP) is 1.48. The molecule has 1 N–H and O–H groups in total. The Hall–Kier alpha value is -2.13. The molecule has 3 rings (SSSR count). The van der Waals surface area contributed by atoms with E-state index >= 15 is 0 Å². The van der Waals surface area contributed by atoms with Crippen LogP contribution in [0.15, 0.2) is 29.2 Å². The number of piperidine rings is 1. The van der Waals surface area contributed by atoms with Gasteiger partial charge in [-0.15, -0.1) is 0 Å². The summed E-state index contributed by atoms with van der Waals surface area (Å²) in [5.41, 5.74) is 0.551. The maximum Gasteiger partial charge on any atom is 0.320 e. The first-order valence-electron chi connectivity index (χ1n) is 10.1. The lowest BCUT2D eigenvalue weighted by Crippen LogP contribution is -2.49. The number of hydrogen-bond donors (Lipinski definition) is 1. The van der Waals surface area contributed by atoms with Crippen molar-refractivity contribution >= 4 is 22.0 Å². The molecule has 160 valence electrons.